The van der Waals surface area contributed by atoms with Gasteiger partial charge in [0.05, 0.1) is 5.92 Å². The Hall–Kier alpha value is -1.55. The quantitative estimate of drug-likeness (QED) is 0.768. The fourth-order valence-electron chi connectivity index (χ4n) is 2.49. The summed E-state index contributed by atoms with van der Waals surface area (Å²) >= 11 is 0. The molecule has 1 saturated heterocycles. The molecule has 1 fully saturated rings. The molecule has 3 N–H and O–H groups in total. The van der Waals surface area contributed by atoms with Gasteiger partial charge in [-0.3, -0.25) is 4.79 Å². The van der Waals surface area contributed by atoms with E-state index in [9.17, 15) is 9.90 Å². The van der Waals surface area contributed by atoms with E-state index in [4.69, 9.17) is 5.11 Å². The Kier molecular flexibility index (Phi) is 3.57. The van der Waals surface area contributed by atoms with Crippen LogP contribution < -0.4 is 5.32 Å². The van der Waals surface area contributed by atoms with Crippen molar-refractivity contribution in [3.8, 4) is 5.75 Å². The van der Waals surface area contributed by atoms with E-state index in [1.165, 1.54) is 0 Å². The number of carbonyl (C=O) groups is 1. The second-order valence-electron chi connectivity index (χ2n) is 5.17. The Morgan fingerprint density at radius 1 is 1.44 bits per heavy atom. The third kappa shape index (κ3) is 2.34. The van der Waals surface area contributed by atoms with Crippen molar-refractivity contribution in [2.75, 3.05) is 6.54 Å². The van der Waals surface area contributed by atoms with Gasteiger partial charge in [0.1, 0.15) is 5.75 Å². The van der Waals surface area contributed by atoms with Crippen molar-refractivity contribution in [1.82, 2.24) is 5.32 Å². The van der Waals surface area contributed by atoms with Crippen molar-refractivity contribution < 1.29 is 15.0 Å². The molecule has 1 aromatic carbocycles. The van der Waals surface area contributed by atoms with Gasteiger partial charge in [-0.25, -0.2) is 0 Å². The predicted molar refractivity (Wildman–Crippen MR) is 68.7 cm³/mol. The Labute approximate surface area is 107 Å². The minimum absolute atomic E-state index is 0.0650. The largest absolute Gasteiger partial charge is 0.507 e. The fraction of sp³-hybridized carbons (Fsp3) is 0.500. The van der Waals surface area contributed by atoms with Gasteiger partial charge in [-0.05, 0) is 17.9 Å². The molecule has 1 aliphatic rings. The average molecular weight is 249 g/mol. The van der Waals surface area contributed by atoms with Crippen molar-refractivity contribution in [1.29, 1.82) is 0 Å². The second kappa shape index (κ2) is 4.98. The van der Waals surface area contributed by atoms with Crippen LogP contribution in [0.25, 0.3) is 0 Å². The molecule has 0 aliphatic carbocycles. The molecule has 4 heteroatoms. The van der Waals surface area contributed by atoms with E-state index in [-0.39, 0.29) is 17.9 Å². The van der Waals surface area contributed by atoms with Gasteiger partial charge in [0.2, 0.25) is 0 Å². The molecule has 0 bridgehead atoms. The highest BCUT2D eigenvalue weighted by Crippen LogP contribution is 2.36. The SMILES string of the molecule is CC(C)c1cccc(C2CC(C(=O)O)CN2)c1O. The Bertz CT molecular complexity index is 456. The molecule has 2 rings (SSSR count). The number of aromatic hydroxyl groups is 1. The summed E-state index contributed by atoms with van der Waals surface area (Å²) in [4.78, 5) is 10.9. The van der Waals surface area contributed by atoms with Gasteiger partial charge < -0.3 is 15.5 Å². The zero-order valence-corrected chi connectivity index (χ0v) is 10.7. The monoisotopic (exact) mass is 249 g/mol. The summed E-state index contributed by atoms with van der Waals surface area (Å²) in [7, 11) is 0. The van der Waals surface area contributed by atoms with Crippen LogP contribution in [0.4, 0.5) is 0 Å². The number of phenolic OH excluding ortho intramolecular Hbond substituents is 1. The van der Waals surface area contributed by atoms with Crippen LogP contribution in [-0.2, 0) is 4.79 Å². The molecule has 4 nitrogen and oxygen atoms in total. The number of rotatable bonds is 3. The summed E-state index contributed by atoms with van der Waals surface area (Å²) in [6, 6.07) is 5.63. The molecule has 2 unspecified atom stereocenters. The number of phenols is 1. The lowest BCUT2D eigenvalue weighted by molar-refractivity contribution is -0.141. The van der Waals surface area contributed by atoms with Crippen molar-refractivity contribution in [2.24, 2.45) is 5.92 Å². The molecule has 18 heavy (non-hydrogen) atoms. The maximum absolute atomic E-state index is 10.9. The molecule has 0 spiro atoms. The maximum atomic E-state index is 10.9. The summed E-state index contributed by atoms with van der Waals surface area (Å²) in [6.07, 6.45) is 0.532. The maximum Gasteiger partial charge on any atom is 0.307 e. The van der Waals surface area contributed by atoms with Crippen LogP contribution in [0.15, 0.2) is 18.2 Å². The summed E-state index contributed by atoms with van der Waals surface area (Å²) in [5.41, 5.74) is 1.72. The first-order chi connectivity index (χ1) is 8.50. The Morgan fingerprint density at radius 3 is 2.72 bits per heavy atom. The number of aliphatic carboxylic acids is 1. The predicted octanol–water partition coefficient (Wildman–Crippen LogP) is 2.25. The van der Waals surface area contributed by atoms with Crippen LogP contribution in [0.1, 0.15) is 43.4 Å². The van der Waals surface area contributed by atoms with E-state index in [2.05, 4.69) is 5.32 Å². The molecule has 0 saturated carbocycles. The number of hydrogen-bond donors (Lipinski definition) is 3. The Balaban J connectivity index is 2.25. The summed E-state index contributed by atoms with van der Waals surface area (Å²) in [5, 5.41) is 22.4. The zero-order chi connectivity index (χ0) is 13.3. The van der Waals surface area contributed by atoms with Crippen molar-refractivity contribution in [3.63, 3.8) is 0 Å². The summed E-state index contributed by atoms with van der Waals surface area (Å²) in [5.74, 6) is -0.584. The van der Waals surface area contributed by atoms with Crippen LogP contribution in [0, 0.1) is 5.92 Å². The number of carboxylic acids is 1. The van der Waals surface area contributed by atoms with Crippen molar-refractivity contribution in [3.05, 3.63) is 29.3 Å². The van der Waals surface area contributed by atoms with E-state index >= 15 is 0 Å². The topological polar surface area (TPSA) is 69.6 Å². The molecule has 1 aliphatic heterocycles. The zero-order valence-electron chi connectivity index (χ0n) is 10.7. The van der Waals surface area contributed by atoms with Gasteiger partial charge in [-0.2, -0.15) is 0 Å². The van der Waals surface area contributed by atoms with E-state index in [1.54, 1.807) is 0 Å². The molecule has 98 valence electrons. The summed E-state index contributed by atoms with van der Waals surface area (Å²) < 4.78 is 0. The average Bonchev–Trinajstić information content (AvgIpc) is 2.78. The highest BCUT2D eigenvalue weighted by Gasteiger charge is 2.31. The molecule has 1 heterocycles. The van der Waals surface area contributed by atoms with Crippen LogP contribution in [0.5, 0.6) is 5.75 Å². The Morgan fingerprint density at radius 2 is 2.17 bits per heavy atom. The number of hydrogen-bond acceptors (Lipinski definition) is 3. The van der Waals surface area contributed by atoms with Crippen LogP contribution in [-0.4, -0.2) is 22.7 Å². The first kappa shape index (κ1) is 12.9. The minimum atomic E-state index is -0.774. The van der Waals surface area contributed by atoms with E-state index in [0.29, 0.717) is 18.7 Å². The van der Waals surface area contributed by atoms with Crippen LogP contribution in [0.3, 0.4) is 0 Å². The molecular weight excluding hydrogens is 230 g/mol. The summed E-state index contributed by atoms with van der Waals surface area (Å²) in [6.45, 7) is 4.52. The van der Waals surface area contributed by atoms with Gasteiger partial charge in [0, 0.05) is 18.2 Å². The van der Waals surface area contributed by atoms with Crippen LogP contribution in [0.2, 0.25) is 0 Å². The molecular formula is C14H19NO3. The second-order valence-corrected chi connectivity index (χ2v) is 5.17. The van der Waals surface area contributed by atoms with Gasteiger partial charge in [-0.1, -0.05) is 32.0 Å². The minimum Gasteiger partial charge on any atom is -0.507 e. The van der Waals surface area contributed by atoms with Gasteiger partial charge in [-0.15, -0.1) is 0 Å². The highest BCUT2D eigenvalue weighted by molar-refractivity contribution is 5.71. The van der Waals surface area contributed by atoms with Crippen molar-refractivity contribution >= 4 is 5.97 Å². The van der Waals surface area contributed by atoms with E-state index in [0.717, 1.165) is 11.1 Å². The first-order valence-corrected chi connectivity index (χ1v) is 6.28. The van der Waals surface area contributed by atoms with E-state index < -0.39 is 5.97 Å². The normalized spacial score (nSPS) is 23.5. The van der Waals surface area contributed by atoms with Gasteiger partial charge in [0.25, 0.3) is 0 Å². The highest BCUT2D eigenvalue weighted by atomic mass is 16.4. The van der Waals surface area contributed by atoms with E-state index in [1.807, 2.05) is 32.0 Å². The number of benzene rings is 1. The molecule has 2 atom stereocenters. The lowest BCUT2D eigenvalue weighted by Crippen LogP contribution is -2.17. The number of nitrogens with one attached hydrogen (secondary N) is 1. The standard InChI is InChI=1S/C14H19NO3/c1-8(2)10-4-3-5-11(13(10)16)12-6-9(7-15-12)14(17)18/h3-5,8-9,12,15-16H,6-7H2,1-2H3,(H,17,18). The lowest BCUT2D eigenvalue weighted by Gasteiger charge is -2.17. The molecule has 0 radical (unpaired) electrons. The molecule has 0 amide bonds. The lowest BCUT2D eigenvalue weighted by atomic mass is 9.94. The fourth-order valence-corrected chi connectivity index (χ4v) is 2.49. The van der Waals surface area contributed by atoms with Crippen molar-refractivity contribution in [2.45, 2.75) is 32.2 Å². The van der Waals surface area contributed by atoms with Gasteiger partial charge >= 0.3 is 5.97 Å². The molecule has 1 aromatic rings. The first-order valence-electron chi connectivity index (χ1n) is 6.28. The van der Waals surface area contributed by atoms with Gasteiger partial charge in [0.15, 0.2) is 0 Å². The molecule has 0 aromatic heterocycles. The van der Waals surface area contributed by atoms with Crippen LogP contribution >= 0.6 is 0 Å². The number of carboxylic acid groups (broad SMARTS) is 1. The smallest absolute Gasteiger partial charge is 0.307 e. The third-order valence-corrected chi connectivity index (χ3v) is 3.58. The number of para-hydroxylation sites is 1. The third-order valence-electron chi connectivity index (χ3n) is 3.58.